The van der Waals surface area contributed by atoms with Crippen molar-refractivity contribution in [3.8, 4) is 0 Å². The van der Waals surface area contributed by atoms with E-state index in [1.807, 2.05) is 0 Å². The molecule has 2 N–H and O–H groups in total. The summed E-state index contributed by atoms with van der Waals surface area (Å²) >= 11 is 0. The second kappa shape index (κ2) is 7.30. The molecule has 1 aromatic rings. The first kappa shape index (κ1) is 17.7. The lowest BCUT2D eigenvalue weighted by molar-refractivity contribution is 0.0338. The van der Waals surface area contributed by atoms with E-state index < -0.39 is 0 Å². The molecule has 1 amide bonds. The van der Waals surface area contributed by atoms with Crippen molar-refractivity contribution in [2.75, 3.05) is 19.7 Å². The SMILES string of the molecule is CCC1(CO)CCN(C(=O)c2cc(CC(C)C)[nH]c(=O)c2)CC1. The van der Waals surface area contributed by atoms with Gasteiger partial charge in [0.05, 0.1) is 0 Å². The molecule has 23 heavy (non-hydrogen) atoms. The standard InChI is InChI=1S/C18H28N2O3/c1-4-18(12-21)5-7-20(8-6-18)17(23)14-10-15(9-13(2)3)19-16(22)11-14/h10-11,13,21H,4-9,12H2,1-3H3,(H,19,22). The number of piperidine rings is 1. The van der Waals surface area contributed by atoms with Crippen LogP contribution in [0.25, 0.3) is 0 Å². The molecule has 0 bridgehead atoms. The van der Waals surface area contributed by atoms with Gasteiger partial charge in [-0.3, -0.25) is 9.59 Å². The van der Waals surface area contributed by atoms with Gasteiger partial charge < -0.3 is 15.0 Å². The summed E-state index contributed by atoms with van der Waals surface area (Å²) in [6.07, 6.45) is 3.30. The fourth-order valence-electron chi connectivity index (χ4n) is 3.26. The molecule has 0 aromatic carbocycles. The average molecular weight is 320 g/mol. The van der Waals surface area contributed by atoms with Gasteiger partial charge in [-0.25, -0.2) is 0 Å². The third-order valence-electron chi connectivity index (χ3n) is 4.97. The van der Waals surface area contributed by atoms with Crippen molar-refractivity contribution in [2.24, 2.45) is 11.3 Å². The molecule has 2 rings (SSSR count). The summed E-state index contributed by atoms with van der Waals surface area (Å²) in [6, 6.07) is 3.19. The lowest BCUT2D eigenvalue weighted by Crippen LogP contribution is -2.44. The smallest absolute Gasteiger partial charge is 0.254 e. The third-order valence-corrected chi connectivity index (χ3v) is 4.97. The van der Waals surface area contributed by atoms with Crippen LogP contribution in [0.3, 0.4) is 0 Å². The fraction of sp³-hybridized carbons (Fsp3) is 0.667. The number of amides is 1. The summed E-state index contributed by atoms with van der Waals surface area (Å²) in [7, 11) is 0. The lowest BCUT2D eigenvalue weighted by atomic mass is 9.77. The van der Waals surface area contributed by atoms with Gasteiger partial charge in [-0.2, -0.15) is 0 Å². The van der Waals surface area contributed by atoms with Gasteiger partial charge in [-0.15, -0.1) is 0 Å². The summed E-state index contributed by atoms with van der Waals surface area (Å²) < 4.78 is 0. The molecule has 1 aromatic heterocycles. The third kappa shape index (κ3) is 4.22. The minimum absolute atomic E-state index is 0.0479. The Hall–Kier alpha value is -1.62. The highest BCUT2D eigenvalue weighted by molar-refractivity contribution is 5.94. The van der Waals surface area contributed by atoms with Crippen molar-refractivity contribution < 1.29 is 9.90 Å². The molecule has 0 aliphatic carbocycles. The maximum Gasteiger partial charge on any atom is 0.254 e. The molecule has 0 spiro atoms. The Bertz CT molecular complexity index is 593. The number of carbonyl (C=O) groups is 1. The van der Waals surface area contributed by atoms with Crippen LogP contribution in [-0.2, 0) is 6.42 Å². The number of hydrogen-bond acceptors (Lipinski definition) is 3. The number of likely N-dealkylation sites (tertiary alicyclic amines) is 1. The van der Waals surface area contributed by atoms with Crippen molar-refractivity contribution in [2.45, 2.75) is 46.5 Å². The highest BCUT2D eigenvalue weighted by atomic mass is 16.3. The molecule has 0 unspecified atom stereocenters. The van der Waals surface area contributed by atoms with Gasteiger partial charge in [0.1, 0.15) is 0 Å². The van der Waals surface area contributed by atoms with Crippen molar-refractivity contribution in [3.05, 3.63) is 33.7 Å². The van der Waals surface area contributed by atoms with Crippen LogP contribution in [0.1, 0.15) is 56.1 Å². The monoisotopic (exact) mass is 320 g/mol. The molecule has 1 aliphatic rings. The van der Waals surface area contributed by atoms with E-state index in [1.165, 1.54) is 6.07 Å². The minimum Gasteiger partial charge on any atom is -0.396 e. The Morgan fingerprint density at radius 1 is 1.35 bits per heavy atom. The van der Waals surface area contributed by atoms with Gasteiger partial charge in [-0.1, -0.05) is 20.8 Å². The first-order chi connectivity index (χ1) is 10.9. The van der Waals surface area contributed by atoms with Crippen molar-refractivity contribution in [1.29, 1.82) is 0 Å². The van der Waals surface area contributed by atoms with E-state index in [0.717, 1.165) is 31.4 Å². The molecule has 5 heteroatoms. The van der Waals surface area contributed by atoms with Gasteiger partial charge in [-0.05, 0) is 43.1 Å². The first-order valence-electron chi connectivity index (χ1n) is 8.52. The number of aromatic amines is 1. The number of carbonyl (C=O) groups excluding carboxylic acids is 1. The van der Waals surface area contributed by atoms with Crippen molar-refractivity contribution in [3.63, 3.8) is 0 Å². The summed E-state index contributed by atoms with van der Waals surface area (Å²) in [5.74, 6) is 0.337. The van der Waals surface area contributed by atoms with E-state index in [9.17, 15) is 14.7 Å². The number of aliphatic hydroxyl groups is 1. The number of aliphatic hydroxyl groups excluding tert-OH is 1. The molecule has 1 aliphatic heterocycles. The summed E-state index contributed by atoms with van der Waals surface area (Å²) in [5.41, 5.74) is 1.01. The van der Waals surface area contributed by atoms with Crippen molar-refractivity contribution in [1.82, 2.24) is 9.88 Å². The van der Waals surface area contributed by atoms with Crippen molar-refractivity contribution >= 4 is 5.91 Å². The number of nitrogens with one attached hydrogen (secondary N) is 1. The molecule has 1 saturated heterocycles. The summed E-state index contributed by atoms with van der Waals surface area (Å²) in [4.78, 5) is 29.1. The Morgan fingerprint density at radius 2 is 2.00 bits per heavy atom. The van der Waals surface area contributed by atoms with Gasteiger partial charge in [0, 0.05) is 37.0 Å². The molecular formula is C18H28N2O3. The number of rotatable bonds is 5. The molecule has 2 heterocycles. The van der Waals surface area contributed by atoms with Crippen LogP contribution in [0, 0.1) is 11.3 Å². The quantitative estimate of drug-likeness (QED) is 0.873. The number of aromatic nitrogens is 1. The zero-order chi connectivity index (χ0) is 17.0. The van der Waals surface area contributed by atoms with Gasteiger partial charge in [0.15, 0.2) is 0 Å². The number of pyridine rings is 1. The summed E-state index contributed by atoms with van der Waals surface area (Å²) in [5, 5.41) is 9.59. The van der Waals surface area contributed by atoms with Crippen LogP contribution in [0.15, 0.2) is 16.9 Å². The van der Waals surface area contributed by atoms with E-state index in [1.54, 1.807) is 11.0 Å². The Balaban J connectivity index is 2.12. The second-order valence-electron chi connectivity index (χ2n) is 7.16. The zero-order valence-electron chi connectivity index (χ0n) is 14.4. The maximum atomic E-state index is 12.7. The van der Waals surface area contributed by atoms with E-state index >= 15 is 0 Å². The average Bonchev–Trinajstić information content (AvgIpc) is 2.53. The Labute approximate surface area is 137 Å². The van der Waals surface area contributed by atoms with Gasteiger partial charge in [0.25, 0.3) is 5.91 Å². The number of hydrogen-bond donors (Lipinski definition) is 2. The normalized spacial score (nSPS) is 17.5. The van der Waals surface area contributed by atoms with E-state index in [-0.39, 0.29) is 23.5 Å². The topological polar surface area (TPSA) is 73.4 Å². The van der Waals surface area contributed by atoms with E-state index in [0.29, 0.717) is 24.6 Å². The lowest BCUT2D eigenvalue weighted by Gasteiger charge is -2.40. The molecular weight excluding hydrogens is 292 g/mol. The molecule has 1 fully saturated rings. The zero-order valence-corrected chi connectivity index (χ0v) is 14.4. The molecule has 0 atom stereocenters. The summed E-state index contributed by atoms with van der Waals surface area (Å²) in [6.45, 7) is 7.70. The van der Waals surface area contributed by atoms with E-state index in [2.05, 4.69) is 25.8 Å². The Morgan fingerprint density at radius 3 is 2.52 bits per heavy atom. The van der Waals surface area contributed by atoms with Crippen LogP contribution in [0.5, 0.6) is 0 Å². The second-order valence-corrected chi connectivity index (χ2v) is 7.16. The number of nitrogens with zero attached hydrogens (tertiary/aromatic N) is 1. The molecule has 128 valence electrons. The number of H-pyrrole nitrogens is 1. The molecule has 0 saturated carbocycles. The highest BCUT2D eigenvalue weighted by Crippen LogP contribution is 2.34. The van der Waals surface area contributed by atoms with Crippen LogP contribution in [-0.4, -0.2) is 40.6 Å². The maximum absolute atomic E-state index is 12.7. The van der Waals surface area contributed by atoms with Crippen LogP contribution in [0.2, 0.25) is 0 Å². The molecule has 5 nitrogen and oxygen atoms in total. The highest BCUT2D eigenvalue weighted by Gasteiger charge is 2.34. The fourth-order valence-corrected chi connectivity index (χ4v) is 3.26. The first-order valence-corrected chi connectivity index (χ1v) is 8.52. The Kier molecular flexibility index (Phi) is 5.63. The minimum atomic E-state index is -0.221. The molecule has 0 radical (unpaired) electrons. The van der Waals surface area contributed by atoms with Crippen LogP contribution >= 0.6 is 0 Å². The largest absolute Gasteiger partial charge is 0.396 e. The van der Waals surface area contributed by atoms with Gasteiger partial charge in [0.2, 0.25) is 5.56 Å². The predicted octanol–water partition coefficient (Wildman–Crippen LogP) is 2.20. The predicted molar refractivity (Wildman–Crippen MR) is 90.6 cm³/mol. The van der Waals surface area contributed by atoms with Crippen LogP contribution < -0.4 is 5.56 Å². The van der Waals surface area contributed by atoms with E-state index in [4.69, 9.17) is 0 Å². The van der Waals surface area contributed by atoms with Crippen LogP contribution in [0.4, 0.5) is 0 Å². The van der Waals surface area contributed by atoms with Gasteiger partial charge >= 0.3 is 0 Å².